The van der Waals surface area contributed by atoms with Gasteiger partial charge in [-0.15, -0.1) is 0 Å². The van der Waals surface area contributed by atoms with Crippen LogP contribution in [0.1, 0.15) is 23.6 Å². The Kier molecular flexibility index (Phi) is 7.61. The molecule has 2 fully saturated rings. The van der Waals surface area contributed by atoms with Gasteiger partial charge >= 0.3 is 0 Å². The molecular weight excluding hydrogens is 473 g/mol. The first-order valence-electron chi connectivity index (χ1n) is 11.5. The monoisotopic (exact) mass is 499 g/mol. The number of amides is 1. The van der Waals surface area contributed by atoms with Crippen molar-refractivity contribution in [3.8, 4) is 5.75 Å². The Labute approximate surface area is 206 Å². The highest BCUT2D eigenvalue weighted by atomic mass is 19.1. The van der Waals surface area contributed by atoms with Crippen molar-refractivity contribution in [2.75, 3.05) is 46.5 Å². The van der Waals surface area contributed by atoms with Gasteiger partial charge in [-0.25, -0.2) is 4.39 Å². The molecule has 0 spiro atoms. The molecule has 1 unspecified atom stereocenters. The number of benzene rings is 2. The number of halogens is 1. The van der Waals surface area contributed by atoms with Gasteiger partial charge in [0.05, 0.1) is 36.9 Å². The SMILES string of the molecule is COc1ccc(C(O)=C2C(=O)C(=O)N(CCCN3CCOCC3)C2c2cccc([N+](=O)[O-])c2)cc1F. The van der Waals surface area contributed by atoms with Crippen molar-refractivity contribution in [2.24, 2.45) is 0 Å². The van der Waals surface area contributed by atoms with E-state index in [1.165, 1.54) is 42.3 Å². The minimum Gasteiger partial charge on any atom is -0.507 e. The quantitative estimate of drug-likeness (QED) is 0.193. The van der Waals surface area contributed by atoms with Gasteiger partial charge in [-0.1, -0.05) is 12.1 Å². The van der Waals surface area contributed by atoms with Crippen molar-refractivity contribution in [3.63, 3.8) is 0 Å². The predicted octanol–water partition coefficient (Wildman–Crippen LogP) is 2.89. The van der Waals surface area contributed by atoms with E-state index in [-0.39, 0.29) is 29.1 Å². The molecule has 1 atom stereocenters. The number of aliphatic hydroxyl groups is 1. The minimum atomic E-state index is -1.07. The summed E-state index contributed by atoms with van der Waals surface area (Å²) in [5, 5.41) is 22.5. The summed E-state index contributed by atoms with van der Waals surface area (Å²) in [7, 11) is 1.29. The Balaban J connectivity index is 1.73. The van der Waals surface area contributed by atoms with Gasteiger partial charge in [-0.05, 0) is 30.2 Å². The second-order valence-corrected chi connectivity index (χ2v) is 8.50. The number of likely N-dealkylation sites (tertiary alicyclic amines) is 1. The van der Waals surface area contributed by atoms with E-state index in [0.717, 1.165) is 19.2 Å². The number of ether oxygens (including phenoxy) is 2. The van der Waals surface area contributed by atoms with E-state index in [4.69, 9.17) is 9.47 Å². The van der Waals surface area contributed by atoms with Crippen molar-refractivity contribution in [3.05, 3.63) is 75.1 Å². The summed E-state index contributed by atoms with van der Waals surface area (Å²) in [5.74, 6) is -3.14. The number of Topliss-reactive ketones (excluding diaryl/α,β-unsaturated/α-hetero) is 1. The molecular formula is C25H26FN3O7. The molecule has 1 N–H and O–H groups in total. The third-order valence-electron chi connectivity index (χ3n) is 6.34. The molecule has 0 radical (unpaired) electrons. The molecule has 0 bridgehead atoms. The molecule has 0 aromatic heterocycles. The summed E-state index contributed by atoms with van der Waals surface area (Å²) in [4.78, 5) is 40.5. The van der Waals surface area contributed by atoms with E-state index in [1.807, 2.05) is 0 Å². The second-order valence-electron chi connectivity index (χ2n) is 8.50. The third-order valence-corrected chi connectivity index (χ3v) is 6.34. The molecule has 2 aliphatic heterocycles. The first-order valence-corrected chi connectivity index (χ1v) is 11.5. The molecule has 36 heavy (non-hydrogen) atoms. The Morgan fingerprint density at radius 1 is 1.19 bits per heavy atom. The zero-order valence-corrected chi connectivity index (χ0v) is 19.7. The average molecular weight is 499 g/mol. The normalized spacial score (nSPS) is 20.1. The summed E-state index contributed by atoms with van der Waals surface area (Å²) in [6.07, 6.45) is 0.537. The van der Waals surface area contributed by atoms with Crippen molar-refractivity contribution in [1.29, 1.82) is 0 Å². The molecule has 4 rings (SSSR count). The third kappa shape index (κ3) is 5.07. The largest absolute Gasteiger partial charge is 0.507 e. The van der Waals surface area contributed by atoms with Crippen LogP contribution in [0, 0.1) is 15.9 Å². The summed E-state index contributed by atoms with van der Waals surface area (Å²) < 4.78 is 24.6. The van der Waals surface area contributed by atoms with Crippen molar-refractivity contribution in [1.82, 2.24) is 9.80 Å². The summed E-state index contributed by atoms with van der Waals surface area (Å²) in [5.41, 5.74) is -0.196. The number of nitro groups is 1. The van der Waals surface area contributed by atoms with E-state index >= 15 is 0 Å². The number of rotatable bonds is 8. The van der Waals surface area contributed by atoms with Crippen molar-refractivity contribution >= 4 is 23.1 Å². The number of ketones is 1. The van der Waals surface area contributed by atoms with Crippen molar-refractivity contribution < 1.29 is 33.5 Å². The van der Waals surface area contributed by atoms with Crippen LogP contribution in [0.25, 0.3) is 5.76 Å². The lowest BCUT2D eigenvalue weighted by molar-refractivity contribution is -0.384. The number of aliphatic hydroxyl groups excluding tert-OH is 1. The standard InChI is InChI=1S/C25H26FN3O7/c1-35-20-7-6-17(15-19(20)26)23(30)21-22(16-4-2-5-18(14-16)29(33)34)28(25(32)24(21)31)9-3-8-27-10-12-36-13-11-27/h2,4-7,14-15,22,30H,3,8-13H2,1H3. The van der Waals surface area contributed by atoms with Gasteiger partial charge in [0, 0.05) is 43.9 Å². The fourth-order valence-electron chi connectivity index (χ4n) is 4.52. The molecule has 1 amide bonds. The molecule has 2 aromatic carbocycles. The van der Waals surface area contributed by atoms with E-state index in [2.05, 4.69) is 4.90 Å². The molecule has 2 heterocycles. The van der Waals surface area contributed by atoms with Gasteiger partial charge in [0.15, 0.2) is 11.6 Å². The van der Waals surface area contributed by atoms with E-state index in [1.54, 1.807) is 6.07 Å². The number of methoxy groups -OCH3 is 1. The van der Waals surface area contributed by atoms with Gasteiger partial charge < -0.3 is 19.5 Å². The highest BCUT2D eigenvalue weighted by Gasteiger charge is 2.46. The number of carbonyl (C=O) groups is 2. The number of hydrogen-bond acceptors (Lipinski definition) is 8. The minimum absolute atomic E-state index is 0.0185. The van der Waals surface area contributed by atoms with Gasteiger partial charge in [-0.2, -0.15) is 0 Å². The lowest BCUT2D eigenvalue weighted by Gasteiger charge is -2.29. The first kappa shape index (κ1) is 25.3. The summed E-state index contributed by atoms with van der Waals surface area (Å²) >= 11 is 0. The van der Waals surface area contributed by atoms with Crippen LogP contribution in [0.2, 0.25) is 0 Å². The maximum Gasteiger partial charge on any atom is 0.295 e. The van der Waals surface area contributed by atoms with Gasteiger partial charge in [0.25, 0.3) is 17.4 Å². The van der Waals surface area contributed by atoms with Crippen LogP contribution in [-0.4, -0.2) is 78.0 Å². The first-order chi connectivity index (χ1) is 17.3. The number of non-ortho nitro benzene ring substituents is 1. The van der Waals surface area contributed by atoms with Crippen LogP contribution in [0.15, 0.2) is 48.0 Å². The second kappa shape index (κ2) is 10.8. The van der Waals surface area contributed by atoms with Crippen LogP contribution in [0.5, 0.6) is 5.75 Å². The Morgan fingerprint density at radius 3 is 2.61 bits per heavy atom. The smallest absolute Gasteiger partial charge is 0.295 e. The number of carbonyl (C=O) groups excluding carboxylic acids is 2. The predicted molar refractivity (Wildman–Crippen MR) is 127 cm³/mol. The summed E-state index contributed by atoms with van der Waals surface area (Å²) in [6.45, 7) is 3.61. The van der Waals surface area contributed by atoms with Gasteiger partial charge in [0.1, 0.15) is 5.76 Å². The van der Waals surface area contributed by atoms with Crippen LogP contribution in [0.3, 0.4) is 0 Å². The zero-order valence-electron chi connectivity index (χ0n) is 19.7. The molecule has 11 heteroatoms. The molecule has 10 nitrogen and oxygen atoms in total. The Morgan fingerprint density at radius 2 is 1.94 bits per heavy atom. The van der Waals surface area contributed by atoms with E-state index in [0.29, 0.717) is 31.7 Å². The van der Waals surface area contributed by atoms with E-state index < -0.39 is 34.2 Å². The summed E-state index contributed by atoms with van der Waals surface area (Å²) in [6, 6.07) is 8.18. The highest BCUT2D eigenvalue weighted by molar-refractivity contribution is 6.46. The Bertz CT molecular complexity index is 1210. The zero-order chi connectivity index (χ0) is 25.8. The van der Waals surface area contributed by atoms with Crippen LogP contribution in [0.4, 0.5) is 10.1 Å². The topological polar surface area (TPSA) is 122 Å². The van der Waals surface area contributed by atoms with Crippen molar-refractivity contribution in [2.45, 2.75) is 12.5 Å². The lowest BCUT2D eigenvalue weighted by Crippen LogP contribution is -2.39. The Hall–Kier alpha value is -3.83. The average Bonchev–Trinajstić information content (AvgIpc) is 3.14. The molecule has 2 aliphatic rings. The molecule has 2 saturated heterocycles. The molecule has 0 aliphatic carbocycles. The maximum atomic E-state index is 14.3. The van der Waals surface area contributed by atoms with Crippen LogP contribution >= 0.6 is 0 Å². The lowest BCUT2D eigenvalue weighted by atomic mass is 9.95. The number of nitro benzene ring substituents is 1. The molecule has 0 saturated carbocycles. The van der Waals surface area contributed by atoms with Gasteiger partial charge in [-0.3, -0.25) is 24.6 Å². The molecule has 2 aromatic rings. The highest BCUT2D eigenvalue weighted by Crippen LogP contribution is 2.40. The van der Waals surface area contributed by atoms with Crippen LogP contribution in [-0.2, 0) is 14.3 Å². The molecule has 190 valence electrons. The van der Waals surface area contributed by atoms with E-state index in [9.17, 15) is 29.2 Å². The van der Waals surface area contributed by atoms with Crippen LogP contribution < -0.4 is 4.74 Å². The number of nitrogens with zero attached hydrogens (tertiary/aromatic N) is 3. The fraction of sp³-hybridized carbons (Fsp3) is 0.360. The van der Waals surface area contributed by atoms with Gasteiger partial charge in [0.2, 0.25) is 0 Å². The maximum absolute atomic E-state index is 14.3. The number of morpholine rings is 1. The number of hydrogen-bond donors (Lipinski definition) is 1. The fourth-order valence-corrected chi connectivity index (χ4v) is 4.52.